The Morgan fingerprint density at radius 1 is 1.19 bits per heavy atom. The van der Waals surface area contributed by atoms with Crippen LogP contribution in [0.25, 0.3) is 0 Å². The maximum absolute atomic E-state index is 12.0. The Labute approximate surface area is 133 Å². The van der Waals surface area contributed by atoms with Gasteiger partial charge in [0.25, 0.3) is 0 Å². The highest BCUT2D eigenvalue weighted by atomic mass is 79.9. The quantitative estimate of drug-likeness (QED) is 0.671. The molecule has 0 unspecified atom stereocenters. The van der Waals surface area contributed by atoms with Gasteiger partial charge in [0.15, 0.2) is 0 Å². The van der Waals surface area contributed by atoms with E-state index in [1.807, 2.05) is 31.2 Å². The molecule has 0 aliphatic heterocycles. The van der Waals surface area contributed by atoms with Crippen molar-refractivity contribution in [3.63, 3.8) is 0 Å². The van der Waals surface area contributed by atoms with Crippen molar-refractivity contribution in [2.24, 2.45) is 0 Å². The average Bonchev–Trinajstić information content (AvgIpc) is 2.49. The number of amides is 1. The van der Waals surface area contributed by atoms with Crippen LogP contribution in [-0.4, -0.2) is 43.6 Å². The zero-order valence-corrected chi connectivity index (χ0v) is 13.9. The lowest BCUT2D eigenvalue weighted by Crippen LogP contribution is -2.33. The largest absolute Gasteiger partial charge is 0.493 e. The van der Waals surface area contributed by atoms with Crippen LogP contribution in [0.15, 0.2) is 28.7 Å². The molecular formula is C15H20BrNO4. The maximum atomic E-state index is 12.0. The number of hydrogen-bond acceptors (Lipinski definition) is 4. The maximum Gasteiger partial charge on any atom is 0.307 e. The zero-order chi connectivity index (χ0) is 15.7. The van der Waals surface area contributed by atoms with Crippen LogP contribution in [-0.2, 0) is 14.3 Å². The monoisotopic (exact) mass is 357 g/mol. The first-order valence-corrected chi connectivity index (χ1v) is 7.59. The molecule has 0 spiro atoms. The van der Waals surface area contributed by atoms with Gasteiger partial charge in [-0.25, -0.2) is 0 Å². The van der Waals surface area contributed by atoms with Gasteiger partial charge in [0, 0.05) is 17.6 Å². The van der Waals surface area contributed by atoms with E-state index in [1.54, 1.807) is 4.90 Å². The third-order valence-corrected chi connectivity index (χ3v) is 3.47. The van der Waals surface area contributed by atoms with Gasteiger partial charge >= 0.3 is 5.97 Å². The number of carbonyl (C=O) groups is 2. The minimum atomic E-state index is -0.313. The molecule has 6 heteroatoms. The highest BCUT2D eigenvalue weighted by Crippen LogP contribution is 2.16. The van der Waals surface area contributed by atoms with Crippen LogP contribution >= 0.6 is 15.9 Å². The number of carbonyl (C=O) groups excluding carboxylic acids is 2. The number of nitrogens with zero attached hydrogens (tertiary/aromatic N) is 1. The zero-order valence-electron chi connectivity index (χ0n) is 12.3. The molecule has 0 radical (unpaired) electrons. The molecular weight excluding hydrogens is 338 g/mol. The molecule has 0 atom stereocenters. The smallest absolute Gasteiger partial charge is 0.307 e. The van der Waals surface area contributed by atoms with Crippen LogP contribution in [0.3, 0.4) is 0 Å². The van der Waals surface area contributed by atoms with Crippen molar-refractivity contribution in [1.82, 2.24) is 4.90 Å². The van der Waals surface area contributed by atoms with Crippen molar-refractivity contribution in [2.75, 3.05) is 26.8 Å². The lowest BCUT2D eigenvalue weighted by atomic mass is 10.3. The molecule has 1 aromatic carbocycles. The van der Waals surface area contributed by atoms with Gasteiger partial charge in [-0.2, -0.15) is 0 Å². The molecule has 1 aromatic rings. The third-order valence-electron chi connectivity index (χ3n) is 2.95. The van der Waals surface area contributed by atoms with Crippen LogP contribution < -0.4 is 4.74 Å². The highest BCUT2D eigenvalue weighted by molar-refractivity contribution is 9.10. The van der Waals surface area contributed by atoms with Gasteiger partial charge in [-0.05, 0) is 31.2 Å². The highest BCUT2D eigenvalue weighted by Gasteiger charge is 2.13. The summed E-state index contributed by atoms with van der Waals surface area (Å²) in [4.78, 5) is 24.7. The Kier molecular flexibility index (Phi) is 7.82. The normalized spacial score (nSPS) is 10.0. The number of methoxy groups -OCH3 is 1. The number of hydrogen-bond donors (Lipinski definition) is 0. The molecule has 1 rings (SSSR count). The topological polar surface area (TPSA) is 55.8 Å². The Morgan fingerprint density at radius 3 is 2.43 bits per heavy atom. The second kappa shape index (κ2) is 9.39. The molecule has 0 aliphatic rings. The molecule has 0 saturated carbocycles. The summed E-state index contributed by atoms with van der Waals surface area (Å²) < 4.78 is 11.1. The molecule has 0 heterocycles. The summed E-state index contributed by atoms with van der Waals surface area (Å²) in [5.74, 6) is 0.384. The molecule has 0 aliphatic carbocycles. The fraction of sp³-hybridized carbons (Fsp3) is 0.467. The third kappa shape index (κ3) is 6.62. The lowest BCUT2D eigenvalue weighted by molar-refractivity contribution is -0.141. The fourth-order valence-electron chi connectivity index (χ4n) is 1.73. The van der Waals surface area contributed by atoms with Gasteiger partial charge in [0.05, 0.1) is 26.6 Å². The Bertz CT molecular complexity index is 461. The summed E-state index contributed by atoms with van der Waals surface area (Å²) in [5, 5.41) is 0. The molecule has 0 aromatic heterocycles. The second-order valence-electron chi connectivity index (χ2n) is 4.35. The number of benzene rings is 1. The van der Waals surface area contributed by atoms with Gasteiger partial charge in [0.1, 0.15) is 5.75 Å². The minimum absolute atomic E-state index is 0.0292. The van der Waals surface area contributed by atoms with Crippen LogP contribution in [0, 0.1) is 0 Å². The standard InChI is InChI=1S/C15H20BrNO4/c1-3-17(10-8-15(19)20-2)14(18)9-11-21-13-6-4-12(16)5-7-13/h4-7H,3,8-11H2,1-2H3. The Morgan fingerprint density at radius 2 is 1.86 bits per heavy atom. The van der Waals surface area contributed by atoms with Crippen LogP contribution in [0.4, 0.5) is 0 Å². The summed E-state index contributed by atoms with van der Waals surface area (Å²) in [6.07, 6.45) is 0.495. The molecule has 116 valence electrons. The Hall–Kier alpha value is -1.56. The van der Waals surface area contributed by atoms with E-state index in [2.05, 4.69) is 20.7 Å². The number of halogens is 1. The minimum Gasteiger partial charge on any atom is -0.493 e. The first kappa shape index (κ1) is 17.5. The second-order valence-corrected chi connectivity index (χ2v) is 5.27. The summed E-state index contributed by atoms with van der Waals surface area (Å²) in [6, 6.07) is 7.44. The van der Waals surface area contributed by atoms with E-state index < -0.39 is 0 Å². The van der Waals surface area contributed by atoms with Gasteiger partial charge in [-0.3, -0.25) is 9.59 Å². The molecule has 5 nitrogen and oxygen atoms in total. The predicted octanol–water partition coefficient (Wildman–Crippen LogP) is 2.63. The molecule has 0 bridgehead atoms. The van der Waals surface area contributed by atoms with E-state index in [0.717, 1.165) is 10.2 Å². The average molecular weight is 358 g/mol. The number of esters is 1. The Balaban J connectivity index is 2.33. The fourth-order valence-corrected chi connectivity index (χ4v) is 2.00. The summed E-state index contributed by atoms with van der Waals surface area (Å²) in [7, 11) is 1.34. The van der Waals surface area contributed by atoms with Crippen molar-refractivity contribution >= 4 is 27.8 Å². The number of rotatable bonds is 8. The van der Waals surface area contributed by atoms with Crippen molar-refractivity contribution in [3.8, 4) is 5.75 Å². The van der Waals surface area contributed by atoms with E-state index >= 15 is 0 Å². The summed E-state index contributed by atoms with van der Waals surface area (Å²) >= 11 is 3.35. The van der Waals surface area contributed by atoms with Crippen LogP contribution in [0.1, 0.15) is 19.8 Å². The van der Waals surface area contributed by atoms with E-state index in [1.165, 1.54) is 7.11 Å². The summed E-state index contributed by atoms with van der Waals surface area (Å²) in [5.41, 5.74) is 0. The van der Waals surface area contributed by atoms with E-state index in [-0.39, 0.29) is 24.7 Å². The van der Waals surface area contributed by atoms with Gasteiger partial charge < -0.3 is 14.4 Å². The molecule has 21 heavy (non-hydrogen) atoms. The van der Waals surface area contributed by atoms with Crippen LogP contribution in [0.5, 0.6) is 5.75 Å². The van der Waals surface area contributed by atoms with Gasteiger partial charge in [0.2, 0.25) is 5.91 Å². The lowest BCUT2D eigenvalue weighted by Gasteiger charge is -2.20. The molecule has 1 amide bonds. The van der Waals surface area contributed by atoms with E-state index in [9.17, 15) is 9.59 Å². The first-order chi connectivity index (χ1) is 10.1. The van der Waals surface area contributed by atoms with Crippen molar-refractivity contribution in [2.45, 2.75) is 19.8 Å². The predicted molar refractivity (Wildman–Crippen MR) is 83.1 cm³/mol. The molecule has 0 fully saturated rings. The van der Waals surface area contributed by atoms with Crippen molar-refractivity contribution in [1.29, 1.82) is 0 Å². The summed E-state index contributed by atoms with van der Waals surface area (Å²) in [6.45, 7) is 3.13. The van der Waals surface area contributed by atoms with Crippen LogP contribution in [0.2, 0.25) is 0 Å². The van der Waals surface area contributed by atoms with Crippen molar-refractivity contribution < 1.29 is 19.1 Å². The molecule has 0 N–H and O–H groups in total. The van der Waals surface area contributed by atoms with Gasteiger partial charge in [-0.1, -0.05) is 15.9 Å². The van der Waals surface area contributed by atoms with Gasteiger partial charge in [-0.15, -0.1) is 0 Å². The number of ether oxygens (including phenoxy) is 2. The van der Waals surface area contributed by atoms with Crippen molar-refractivity contribution in [3.05, 3.63) is 28.7 Å². The first-order valence-electron chi connectivity index (χ1n) is 6.79. The van der Waals surface area contributed by atoms with E-state index in [0.29, 0.717) is 19.7 Å². The molecule has 0 saturated heterocycles. The SMILES string of the molecule is CCN(CCC(=O)OC)C(=O)CCOc1ccc(Br)cc1. The van der Waals surface area contributed by atoms with E-state index in [4.69, 9.17) is 4.74 Å².